The molecule has 6 nitrogen and oxygen atoms in total. The maximum Gasteiger partial charge on any atom is 0.280 e. The van der Waals surface area contributed by atoms with Crippen molar-refractivity contribution in [3.05, 3.63) is 16.7 Å². The number of hydrogen-bond donors (Lipinski definition) is 2. The Bertz CT molecular complexity index is 586. The van der Waals surface area contributed by atoms with Crippen molar-refractivity contribution in [2.75, 3.05) is 11.9 Å². The monoisotopic (exact) mass is 263 g/mol. The number of nitrogens with zero attached hydrogens (tertiary/aromatic N) is 3. The van der Waals surface area contributed by atoms with Gasteiger partial charge in [0.1, 0.15) is 0 Å². The highest BCUT2D eigenvalue weighted by Gasteiger charge is 2.09. The maximum atomic E-state index is 11.9. The highest BCUT2D eigenvalue weighted by molar-refractivity contribution is 5.70. The summed E-state index contributed by atoms with van der Waals surface area (Å²) < 4.78 is 1.94. The van der Waals surface area contributed by atoms with E-state index in [2.05, 4.69) is 34.1 Å². The number of fused-ring (bicyclic) bond motifs is 1. The smallest absolute Gasteiger partial charge is 0.280 e. The second-order valence-electron chi connectivity index (χ2n) is 4.66. The Morgan fingerprint density at radius 1 is 1.32 bits per heavy atom. The number of aromatic amines is 1. The summed E-state index contributed by atoms with van der Waals surface area (Å²) >= 11 is 0. The standard InChI is InChI=1S/C13H21N5O/c1-3-5-7-14-13-16-11-10(12(19)17-13)15-9-18(11)8-6-4-2/h9H,3-8H2,1-2H3,(H2,14,16,17,19). The molecule has 0 bridgehead atoms. The number of rotatable bonds is 7. The first kappa shape index (κ1) is 13.6. The van der Waals surface area contributed by atoms with E-state index in [1.807, 2.05) is 4.57 Å². The van der Waals surface area contributed by atoms with Crippen LogP contribution in [0.25, 0.3) is 11.2 Å². The molecule has 0 aliphatic carbocycles. The molecule has 104 valence electrons. The summed E-state index contributed by atoms with van der Waals surface area (Å²) in [6.45, 7) is 5.92. The fourth-order valence-electron chi connectivity index (χ4n) is 1.91. The summed E-state index contributed by atoms with van der Waals surface area (Å²) in [6.07, 6.45) is 6.01. The molecule has 2 aromatic heterocycles. The van der Waals surface area contributed by atoms with Crippen molar-refractivity contribution in [2.45, 2.75) is 46.1 Å². The van der Waals surface area contributed by atoms with Crippen molar-refractivity contribution in [1.29, 1.82) is 0 Å². The Balaban J connectivity index is 2.27. The predicted molar refractivity (Wildman–Crippen MR) is 76.5 cm³/mol. The zero-order valence-corrected chi connectivity index (χ0v) is 11.6. The minimum Gasteiger partial charge on any atom is -0.356 e. The van der Waals surface area contributed by atoms with Crippen LogP contribution in [0.2, 0.25) is 0 Å². The molecular formula is C13H21N5O. The van der Waals surface area contributed by atoms with E-state index in [1.165, 1.54) is 0 Å². The van der Waals surface area contributed by atoms with Crippen LogP contribution < -0.4 is 10.9 Å². The van der Waals surface area contributed by atoms with E-state index >= 15 is 0 Å². The van der Waals surface area contributed by atoms with E-state index in [9.17, 15) is 4.79 Å². The lowest BCUT2D eigenvalue weighted by Gasteiger charge is -2.05. The van der Waals surface area contributed by atoms with Crippen molar-refractivity contribution in [3.63, 3.8) is 0 Å². The molecular weight excluding hydrogens is 242 g/mol. The molecule has 2 N–H and O–H groups in total. The summed E-state index contributed by atoms with van der Waals surface area (Å²) in [5.74, 6) is 0.532. The highest BCUT2D eigenvalue weighted by atomic mass is 16.1. The first-order valence-electron chi connectivity index (χ1n) is 6.95. The molecule has 0 amide bonds. The van der Waals surface area contributed by atoms with Gasteiger partial charge >= 0.3 is 0 Å². The molecule has 0 aliphatic rings. The summed E-state index contributed by atoms with van der Waals surface area (Å²) in [5, 5.41) is 3.14. The Labute approximate surface area is 112 Å². The lowest BCUT2D eigenvalue weighted by Crippen LogP contribution is -2.14. The largest absolute Gasteiger partial charge is 0.356 e. The first-order valence-corrected chi connectivity index (χ1v) is 6.95. The summed E-state index contributed by atoms with van der Waals surface area (Å²) in [6, 6.07) is 0. The van der Waals surface area contributed by atoms with Gasteiger partial charge in [-0.3, -0.25) is 9.78 Å². The third-order valence-corrected chi connectivity index (χ3v) is 3.05. The topological polar surface area (TPSA) is 75.6 Å². The number of hydrogen-bond acceptors (Lipinski definition) is 4. The number of imidazole rings is 1. The Morgan fingerprint density at radius 2 is 2.11 bits per heavy atom. The van der Waals surface area contributed by atoms with Crippen LogP contribution in [0.3, 0.4) is 0 Å². The van der Waals surface area contributed by atoms with Crippen LogP contribution in [0.1, 0.15) is 39.5 Å². The average molecular weight is 263 g/mol. The number of nitrogens with one attached hydrogen (secondary N) is 2. The lowest BCUT2D eigenvalue weighted by atomic mass is 10.3. The lowest BCUT2D eigenvalue weighted by molar-refractivity contribution is 0.641. The molecule has 0 aliphatic heterocycles. The van der Waals surface area contributed by atoms with Crippen LogP contribution >= 0.6 is 0 Å². The molecule has 6 heteroatoms. The van der Waals surface area contributed by atoms with Crippen LogP contribution in [0.15, 0.2) is 11.1 Å². The molecule has 19 heavy (non-hydrogen) atoms. The fourth-order valence-corrected chi connectivity index (χ4v) is 1.91. The minimum absolute atomic E-state index is 0.181. The molecule has 2 heterocycles. The van der Waals surface area contributed by atoms with E-state index < -0.39 is 0 Å². The number of aryl methyl sites for hydroxylation is 1. The zero-order valence-electron chi connectivity index (χ0n) is 11.6. The van der Waals surface area contributed by atoms with Gasteiger partial charge in [0.25, 0.3) is 5.56 Å². The molecule has 2 rings (SSSR count). The van der Waals surface area contributed by atoms with Gasteiger partial charge < -0.3 is 9.88 Å². The predicted octanol–water partition coefficient (Wildman–Crippen LogP) is 2.13. The van der Waals surface area contributed by atoms with Gasteiger partial charge in [-0.25, -0.2) is 4.98 Å². The van der Waals surface area contributed by atoms with Crippen molar-refractivity contribution in [3.8, 4) is 0 Å². The normalized spacial score (nSPS) is 11.1. The van der Waals surface area contributed by atoms with Gasteiger partial charge in [-0.15, -0.1) is 0 Å². The Hall–Kier alpha value is -1.85. The van der Waals surface area contributed by atoms with Gasteiger partial charge in [-0.1, -0.05) is 26.7 Å². The molecule has 0 saturated carbocycles. The fraction of sp³-hybridized carbons (Fsp3) is 0.615. The SMILES string of the molecule is CCCCNc1nc2c(ncn2CCCC)c(=O)[nH]1. The second kappa shape index (κ2) is 6.36. The third-order valence-electron chi connectivity index (χ3n) is 3.05. The van der Waals surface area contributed by atoms with E-state index in [0.717, 1.165) is 38.8 Å². The molecule has 0 fully saturated rings. The number of anilines is 1. The summed E-state index contributed by atoms with van der Waals surface area (Å²) in [5.41, 5.74) is 0.896. The van der Waals surface area contributed by atoms with Crippen LogP contribution in [-0.2, 0) is 6.54 Å². The Kier molecular flexibility index (Phi) is 4.54. The van der Waals surface area contributed by atoms with E-state index in [1.54, 1.807) is 6.33 Å². The molecule has 0 unspecified atom stereocenters. The van der Waals surface area contributed by atoms with Crippen LogP contribution in [0.5, 0.6) is 0 Å². The van der Waals surface area contributed by atoms with Gasteiger partial charge in [0.15, 0.2) is 11.2 Å². The maximum absolute atomic E-state index is 11.9. The Morgan fingerprint density at radius 3 is 2.84 bits per heavy atom. The first-order chi connectivity index (χ1) is 9.26. The number of aromatic nitrogens is 4. The molecule has 2 aromatic rings. The zero-order chi connectivity index (χ0) is 13.7. The van der Waals surface area contributed by atoms with Crippen molar-refractivity contribution < 1.29 is 0 Å². The molecule has 0 atom stereocenters. The van der Waals surface area contributed by atoms with Gasteiger partial charge in [-0.2, -0.15) is 4.98 Å². The third kappa shape index (κ3) is 3.13. The summed E-state index contributed by atoms with van der Waals surface area (Å²) in [7, 11) is 0. The number of H-pyrrole nitrogens is 1. The van der Waals surface area contributed by atoms with Crippen LogP contribution in [-0.4, -0.2) is 26.1 Å². The van der Waals surface area contributed by atoms with Gasteiger partial charge in [0.2, 0.25) is 5.95 Å². The van der Waals surface area contributed by atoms with Crippen molar-refractivity contribution in [1.82, 2.24) is 19.5 Å². The highest BCUT2D eigenvalue weighted by Crippen LogP contribution is 2.09. The summed E-state index contributed by atoms with van der Waals surface area (Å²) in [4.78, 5) is 23.2. The van der Waals surface area contributed by atoms with Gasteiger partial charge in [0.05, 0.1) is 6.33 Å². The molecule has 0 aromatic carbocycles. The molecule has 0 radical (unpaired) electrons. The van der Waals surface area contributed by atoms with Crippen LogP contribution in [0.4, 0.5) is 5.95 Å². The molecule has 0 saturated heterocycles. The van der Waals surface area contributed by atoms with E-state index in [4.69, 9.17) is 0 Å². The average Bonchev–Trinajstić information content (AvgIpc) is 2.80. The number of unbranched alkanes of at least 4 members (excludes halogenated alkanes) is 2. The van der Waals surface area contributed by atoms with E-state index in [0.29, 0.717) is 17.1 Å². The van der Waals surface area contributed by atoms with Crippen molar-refractivity contribution in [2.24, 2.45) is 0 Å². The van der Waals surface area contributed by atoms with Gasteiger partial charge in [0, 0.05) is 13.1 Å². The van der Waals surface area contributed by atoms with Crippen LogP contribution in [0, 0.1) is 0 Å². The minimum atomic E-state index is -0.181. The van der Waals surface area contributed by atoms with E-state index in [-0.39, 0.29) is 5.56 Å². The second-order valence-corrected chi connectivity index (χ2v) is 4.66. The molecule has 0 spiro atoms. The van der Waals surface area contributed by atoms with Gasteiger partial charge in [-0.05, 0) is 12.8 Å². The van der Waals surface area contributed by atoms with Crippen molar-refractivity contribution >= 4 is 17.1 Å². The quantitative estimate of drug-likeness (QED) is 0.750.